The van der Waals surface area contributed by atoms with Crippen molar-refractivity contribution in [2.24, 2.45) is 5.73 Å². The lowest BCUT2D eigenvalue weighted by Gasteiger charge is -2.18. The van der Waals surface area contributed by atoms with Crippen molar-refractivity contribution in [1.29, 1.82) is 0 Å². The van der Waals surface area contributed by atoms with Crippen LogP contribution < -0.4 is 15.8 Å². The van der Waals surface area contributed by atoms with Gasteiger partial charge in [-0.05, 0) is 52.3 Å². The van der Waals surface area contributed by atoms with E-state index in [0.717, 1.165) is 36.4 Å². The highest BCUT2D eigenvalue weighted by molar-refractivity contribution is 9.10. The third kappa shape index (κ3) is 6.54. The monoisotopic (exact) mass is 626 g/mol. The fourth-order valence-corrected chi connectivity index (χ4v) is 3.83. The minimum Gasteiger partial charge on any atom is -0.474 e. The molecule has 0 bridgehead atoms. The van der Waals surface area contributed by atoms with Gasteiger partial charge in [-0.25, -0.2) is 18.6 Å². The molecule has 0 saturated carbocycles. The lowest BCUT2D eigenvalue weighted by molar-refractivity contribution is -0.137. The third-order valence-corrected chi connectivity index (χ3v) is 5.75. The van der Waals surface area contributed by atoms with Crippen molar-refractivity contribution in [2.45, 2.75) is 12.3 Å². The Bertz CT molecular complexity index is 1530. The van der Waals surface area contributed by atoms with Crippen LogP contribution in [0.25, 0.3) is 11.3 Å². The van der Waals surface area contributed by atoms with E-state index in [0.29, 0.717) is 5.69 Å². The van der Waals surface area contributed by atoms with Crippen LogP contribution in [0.5, 0.6) is 5.75 Å². The maximum atomic E-state index is 14.9. The first-order valence-corrected chi connectivity index (χ1v) is 11.9. The van der Waals surface area contributed by atoms with Gasteiger partial charge >= 0.3 is 12.3 Å². The number of alkyl halides is 3. The standard InChI is InChI=1S/C25H16BrF5N4O5/c26-21-20(12-3-5-13(6-4-12)25(29,30)31)35-23(40-21)17(11-38-24(37)34-14-2-1-9-33-10-14)39-16-8-7-15(27)18(19(16)28)22(32)36/h1-10,17H,11H2,(H2,32,36)(H,34,37). The lowest BCUT2D eigenvalue weighted by Crippen LogP contribution is -2.22. The minimum absolute atomic E-state index is 0.0342. The van der Waals surface area contributed by atoms with E-state index in [1.165, 1.54) is 18.5 Å². The van der Waals surface area contributed by atoms with E-state index in [1.54, 1.807) is 6.07 Å². The van der Waals surface area contributed by atoms with Crippen molar-refractivity contribution in [3.63, 3.8) is 0 Å². The fourth-order valence-electron chi connectivity index (χ4n) is 3.35. The molecule has 3 N–H and O–H groups in total. The summed E-state index contributed by atoms with van der Waals surface area (Å²) in [7, 11) is 0. The molecule has 4 rings (SSSR count). The third-order valence-electron chi connectivity index (χ3n) is 5.21. The van der Waals surface area contributed by atoms with Gasteiger partial charge in [-0.3, -0.25) is 15.1 Å². The average molecular weight is 627 g/mol. The Labute approximate surface area is 230 Å². The SMILES string of the molecule is NC(=O)c1c(F)ccc(OC(COC(=O)Nc2cccnc2)c2nc(-c3ccc(C(F)(F)F)cc3)c(Br)o2)c1F. The van der Waals surface area contributed by atoms with Crippen LogP contribution in [0.1, 0.15) is 27.9 Å². The maximum absolute atomic E-state index is 14.9. The number of carbonyl (C=O) groups excluding carboxylic acids is 2. The summed E-state index contributed by atoms with van der Waals surface area (Å²) in [5, 5.41) is 2.40. The van der Waals surface area contributed by atoms with Gasteiger partial charge in [0, 0.05) is 11.8 Å². The first-order valence-electron chi connectivity index (χ1n) is 11.1. The summed E-state index contributed by atoms with van der Waals surface area (Å²) in [6.45, 7) is -0.645. The number of aromatic nitrogens is 2. The molecule has 0 aliphatic heterocycles. The highest BCUT2D eigenvalue weighted by atomic mass is 79.9. The van der Waals surface area contributed by atoms with Gasteiger partial charge in [0.05, 0.1) is 17.4 Å². The van der Waals surface area contributed by atoms with Gasteiger partial charge in [-0.1, -0.05) is 12.1 Å². The lowest BCUT2D eigenvalue weighted by atomic mass is 10.1. The van der Waals surface area contributed by atoms with Gasteiger partial charge < -0.3 is 19.6 Å². The van der Waals surface area contributed by atoms with Crippen LogP contribution in [0.4, 0.5) is 32.4 Å². The molecular formula is C25H16BrF5N4O5. The molecule has 0 fully saturated rings. The zero-order valence-electron chi connectivity index (χ0n) is 19.8. The van der Waals surface area contributed by atoms with Gasteiger partial charge in [-0.2, -0.15) is 13.2 Å². The van der Waals surface area contributed by atoms with Crippen molar-refractivity contribution >= 4 is 33.6 Å². The predicted octanol–water partition coefficient (Wildman–Crippen LogP) is 6.26. The smallest absolute Gasteiger partial charge is 0.416 e. The summed E-state index contributed by atoms with van der Waals surface area (Å²) < 4.78 is 83.9. The fraction of sp³-hybridized carbons (Fsp3) is 0.120. The van der Waals surface area contributed by atoms with Gasteiger partial charge in [0.1, 0.15) is 23.7 Å². The number of nitrogens with two attached hydrogens (primary N) is 1. The number of hydrogen-bond donors (Lipinski definition) is 2. The maximum Gasteiger partial charge on any atom is 0.416 e. The van der Waals surface area contributed by atoms with Crippen LogP contribution >= 0.6 is 15.9 Å². The van der Waals surface area contributed by atoms with Crippen molar-refractivity contribution in [1.82, 2.24) is 9.97 Å². The van der Waals surface area contributed by atoms with Crippen molar-refractivity contribution in [3.05, 3.63) is 94.2 Å². The number of oxazole rings is 1. The van der Waals surface area contributed by atoms with Crippen LogP contribution in [0.2, 0.25) is 0 Å². The molecular weight excluding hydrogens is 611 g/mol. The molecule has 0 saturated heterocycles. The number of nitrogens with one attached hydrogen (secondary N) is 1. The summed E-state index contributed by atoms with van der Waals surface area (Å²) in [6, 6.07) is 8.69. The normalized spacial score (nSPS) is 12.1. The van der Waals surface area contributed by atoms with Gasteiger partial charge in [0.15, 0.2) is 16.2 Å². The van der Waals surface area contributed by atoms with Crippen molar-refractivity contribution in [2.75, 3.05) is 11.9 Å². The Morgan fingerprint density at radius 1 is 1.10 bits per heavy atom. The van der Waals surface area contributed by atoms with Crippen molar-refractivity contribution in [3.8, 4) is 17.0 Å². The molecule has 15 heteroatoms. The predicted molar refractivity (Wildman–Crippen MR) is 132 cm³/mol. The number of nitrogens with zero attached hydrogens (tertiary/aromatic N) is 2. The number of carbonyl (C=O) groups is 2. The van der Waals surface area contributed by atoms with Gasteiger partial charge in [0.25, 0.3) is 5.91 Å². The number of primary amides is 1. The molecule has 2 aromatic heterocycles. The Hall–Kier alpha value is -4.53. The second kappa shape index (κ2) is 11.7. The van der Waals surface area contributed by atoms with Crippen LogP contribution in [0, 0.1) is 11.6 Å². The van der Waals surface area contributed by atoms with E-state index >= 15 is 0 Å². The molecule has 9 nitrogen and oxygen atoms in total. The number of halogens is 6. The van der Waals surface area contributed by atoms with Crippen LogP contribution in [0.15, 0.2) is 70.0 Å². The van der Waals surface area contributed by atoms with Gasteiger partial charge in [-0.15, -0.1) is 0 Å². The second-order valence-corrected chi connectivity index (χ2v) is 8.64. The van der Waals surface area contributed by atoms with E-state index in [9.17, 15) is 31.5 Å². The number of pyridine rings is 1. The summed E-state index contributed by atoms with van der Waals surface area (Å²) in [5.74, 6) is -5.01. The number of ether oxygens (including phenoxy) is 2. The molecule has 2 aromatic carbocycles. The average Bonchev–Trinajstić information content (AvgIpc) is 3.29. The zero-order chi connectivity index (χ0) is 29.0. The second-order valence-electron chi connectivity index (χ2n) is 7.92. The largest absolute Gasteiger partial charge is 0.474 e. The van der Waals surface area contributed by atoms with E-state index in [1.807, 2.05) is 0 Å². The number of hydrogen-bond acceptors (Lipinski definition) is 7. The summed E-state index contributed by atoms with van der Waals surface area (Å²) in [5.41, 5.74) is 3.67. The minimum atomic E-state index is -4.56. The molecule has 4 aromatic rings. The molecule has 2 heterocycles. The molecule has 2 amide bonds. The highest BCUT2D eigenvalue weighted by Gasteiger charge is 2.31. The zero-order valence-corrected chi connectivity index (χ0v) is 21.4. The molecule has 1 atom stereocenters. The molecule has 0 spiro atoms. The molecule has 0 radical (unpaired) electrons. The van der Waals surface area contributed by atoms with Crippen LogP contribution in [-0.4, -0.2) is 28.6 Å². The Morgan fingerprint density at radius 3 is 2.45 bits per heavy atom. The van der Waals surface area contributed by atoms with Crippen LogP contribution in [0.3, 0.4) is 0 Å². The summed E-state index contributed by atoms with van der Waals surface area (Å²) in [6.07, 6.45) is -4.18. The van der Waals surface area contributed by atoms with Gasteiger partial charge in [0.2, 0.25) is 12.0 Å². The highest BCUT2D eigenvalue weighted by Crippen LogP contribution is 2.36. The van der Waals surface area contributed by atoms with E-state index in [2.05, 4.69) is 31.2 Å². The molecule has 0 aliphatic rings. The number of benzene rings is 2. The molecule has 0 aliphatic carbocycles. The molecule has 208 valence electrons. The van der Waals surface area contributed by atoms with E-state index in [4.69, 9.17) is 19.6 Å². The Morgan fingerprint density at radius 2 is 1.82 bits per heavy atom. The first-order chi connectivity index (χ1) is 18.9. The quantitative estimate of drug-likeness (QED) is 0.221. The Balaban J connectivity index is 1.64. The molecule has 40 heavy (non-hydrogen) atoms. The number of amides is 2. The number of rotatable bonds is 8. The first kappa shape index (κ1) is 28.5. The van der Waals surface area contributed by atoms with Crippen LogP contribution in [-0.2, 0) is 10.9 Å². The Kier molecular flexibility index (Phi) is 8.32. The number of anilines is 1. The van der Waals surface area contributed by atoms with E-state index < -0.39 is 59.4 Å². The van der Waals surface area contributed by atoms with Crippen molar-refractivity contribution < 1.29 is 45.4 Å². The summed E-state index contributed by atoms with van der Waals surface area (Å²) in [4.78, 5) is 31.9. The molecule has 1 unspecified atom stereocenters. The topological polar surface area (TPSA) is 130 Å². The summed E-state index contributed by atoms with van der Waals surface area (Å²) >= 11 is 3.13. The van der Waals surface area contributed by atoms with E-state index in [-0.39, 0.29) is 21.8 Å².